The molecule has 2 aliphatic heterocycles. The second kappa shape index (κ2) is 5.36. The standard InChI is InChI=1S/C15H21N5O3/c1-9(2)11-10(8-19(3)18-11)12(21)20-6-4-15(5-7-20)13(22)16-14(23)17-15/h8-9H,4-7H2,1-3H3,(H2,16,17,22,23). The van der Waals surface area contributed by atoms with Crippen molar-refractivity contribution in [2.45, 2.75) is 38.1 Å². The molecule has 1 aromatic heterocycles. The highest BCUT2D eigenvalue weighted by Crippen LogP contribution is 2.27. The number of imide groups is 1. The van der Waals surface area contributed by atoms with E-state index in [1.54, 1.807) is 22.8 Å². The summed E-state index contributed by atoms with van der Waals surface area (Å²) in [5.74, 6) is -0.202. The van der Waals surface area contributed by atoms with Crippen molar-refractivity contribution in [2.24, 2.45) is 7.05 Å². The summed E-state index contributed by atoms with van der Waals surface area (Å²) in [5.41, 5.74) is 0.534. The number of amides is 4. The van der Waals surface area contributed by atoms with Gasteiger partial charge in [0.25, 0.3) is 11.8 Å². The average molecular weight is 319 g/mol. The van der Waals surface area contributed by atoms with Crippen molar-refractivity contribution < 1.29 is 14.4 Å². The highest BCUT2D eigenvalue weighted by atomic mass is 16.2. The third-order valence-corrected chi connectivity index (χ3v) is 4.55. The van der Waals surface area contributed by atoms with Crippen LogP contribution in [-0.4, -0.2) is 51.2 Å². The molecule has 0 aliphatic carbocycles. The fraction of sp³-hybridized carbons (Fsp3) is 0.600. The Morgan fingerprint density at radius 3 is 2.48 bits per heavy atom. The predicted molar refractivity (Wildman–Crippen MR) is 81.8 cm³/mol. The first-order chi connectivity index (χ1) is 10.8. The van der Waals surface area contributed by atoms with E-state index in [4.69, 9.17) is 0 Å². The fourth-order valence-corrected chi connectivity index (χ4v) is 3.24. The van der Waals surface area contributed by atoms with Crippen LogP contribution in [0.25, 0.3) is 0 Å². The Bertz CT molecular complexity index is 671. The van der Waals surface area contributed by atoms with Gasteiger partial charge in [-0.3, -0.25) is 19.6 Å². The molecule has 0 atom stereocenters. The molecule has 23 heavy (non-hydrogen) atoms. The minimum absolute atomic E-state index is 0.0682. The Hall–Kier alpha value is -2.38. The first kappa shape index (κ1) is 15.5. The van der Waals surface area contributed by atoms with Crippen LogP contribution in [0.3, 0.4) is 0 Å². The van der Waals surface area contributed by atoms with Gasteiger partial charge in [-0.1, -0.05) is 13.8 Å². The van der Waals surface area contributed by atoms with E-state index < -0.39 is 11.6 Å². The summed E-state index contributed by atoms with van der Waals surface area (Å²) in [6.45, 7) is 4.86. The van der Waals surface area contributed by atoms with E-state index in [1.807, 2.05) is 13.8 Å². The summed E-state index contributed by atoms with van der Waals surface area (Å²) in [7, 11) is 1.80. The maximum absolute atomic E-state index is 12.8. The summed E-state index contributed by atoms with van der Waals surface area (Å²) in [5, 5.41) is 9.34. The lowest BCUT2D eigenvalue weighted by molar-refractivity contribution is -0.125. The van der Waals surface area contributed by atoms with Crippen molar-refractivity contribution in [1.82, 2.24) is 25.3 Å². The lowest BCUT2D eigenvalue weighted by atomic mass is 9.87. The molecular formula is C15H21N5O3. The van der Waals surface area contributed by atoms with Crippen LogP contribution in [-0.2, 0) is 11.8 Å². The first-order valence-corrected chi connectivity index (χ1v) is 7.79. The summed E-state index contributed by atoms with van der Waals surface area (Å²) >= 11 is 0. The van der Waals surface area contributed by atoms with E-state index in [0.717, 1.165) is 5.69 Å². The van der Waals surface area contributed by atoms with Gasteiger partial charge in [0, 0.05) is 26.3 Å². The molecule has 3 rings (SSSR count). The van der Waals surface area contributed by atoms with Gasteiger partial charge in [-0.2, -0.15) is 5.10 Å². The van der Waals surface area contributed by atoms with Crippen LogP contribution in [0.1, 0.15) is 48.7 Å². The largest absolute Gasteiger partial charge is 0.338 e. The van der Waals surface area contributed by atoms with Gasteiger partial charge < -0.3 is 10.2 Å². The molecule has 3 heterocycles. The Morgan fingerprint density at radius 1 is 1.30 bits per heavy atom. The van der Waals surface area contributed by atoms with Gasteiger partial charge in [0.2, 0.25) is 0 Å². The van der Waals surface area contributed by atoms with E-state index in [-0.39, 0.29) is 17.7 Å². The van der Waals surface area contributed by atoms with Crippen LogP contribution in [0.5, 0.6) is 0 Å². The number of urea groups is 1. The van der Waals surface area contributed by atoms with Crippen LogP contribution in [0, 0.1) is 0 Å². The highest BCUT2D eigenvalue weighted by Gasteiger charge is 2.48. The van der Waals surface area contributed by atoms with Crippen LogP contribution in [0.2, 0.25) is 0 Å². The van der Waals surface area contributed by atoms with Crippen molar-refractivity contribution in [3.63, 3.8) is 0 Å². The number of rotatable bonds is 2. The zero-order chi connectivity index (χ0) is 16.8. The minimum Gasteiger partial charge on any atom is -0.338 e. The van der Waals surface area contributed by atoms with E-state index in [1.165, 1.54) is 0 Å². The normalized spacial score (nSPS) is 20.1. The van der Waals surface area contributed by atoms with Crippen LogP contribution in [0.4, 0.5) is 4.79 Å². The minimum atomic E-state index is -0.857. The van der Waals surface area contributed by atoms with Gasteiger partial charge in [0.1, 0.15) is 5.54 Å². The van der Waals surface area contributed by atoms with E-state index >= 15 is 0 Å². The van der Waals surface area contributed by atoms with E-state index in [2.05, 4.69) is 15.7 Å². The first-order valence-electron chi connectivity index (χ1n) is 7.79. The topological polar surface area (TPSA) is 96.3 Å². The number of carbonyl (C=O) groups is 3. The number of carbonyl (C=O) groups excluding carboxylic acids is 3. The molecule has 1 aromatic rings. The lowest BCUT2D eigenvalue weighted by Crippen LogP contribution is -2.55. The van der Waals surface area contributed by atoms with Gasteiger partial charge in [-0.25, -0.2) is 4.79 Å². The summed E-state index contributed by atoms with van der Waals surface area (Å²) in [6, 6.07) is -0.455. The molecule has 1 spiro atoms. The second-order valence-corrected chi connectivity index (χ2v) is 6.54. The quantitative estimate of drug-likeness (QED) is 0.769. The molecule has 4 amide bonds. The number of nitrogens with zero attached hydrogens (tertiary/aromatic N) is 3. The van der Waals surface area contributed by atoms with Gasteiger partial charge in [0.05, 0.1) is 11.3 Å². The maximum Gasteiger partial charge on any atom is 0.322 e. The molecule has 0 bridgehead atoms. The van der Waals surface area contributed by atoms with Gasteiger partial charge in [-0.15, -0.1) is 0 Å². The predicted octanol–water partition coefficient (Wildman–Crippen LogP) is 0.358. The monoisotopic (exact) mass is 319 g/mol. The Labute approximate surface area is 134 Å². The fourth-order valence-electron chi connectivity index (χ4n) is 3.24. The molecule has 0 radical (unpaired) electrons. The zero-order valence-corrected chi connectivity index (χ0v) is 13.5. The third-order valence-electron chi connectivity index (χ3n) is 4.55. The number of aryl methyl sites for hydroxylation is 1. The number of hydrogen-bond donors (Lipinski definition) is 2. The number of likely N-dealkylation sites (tertiary alicyclic amines) is 1. The smallest absolute Gasteiger partial charge is 0.322 e. The van der Waals surface area contributed by atoms with E-state index in [0.29, 0.717) is 31.5 Å². The third kappa shape index (κ3) is 2.58. The molecule has 2 fully saturated rings. The molecule has 0 aromatic carbocycles. The van der Waals surface area contributed by atoms with Crippen LogP contribution >= 0.6 is 0 Å². The Balaban J connectivity index is 1.74. The molecular weight excluding hydrogens is 298 g/mol. The zero-order valence-electron chi connectivity index (χ0n) is 13.5. The van der Waals surface area contributed by atoms with Crippen molar-refractivity contribution in [3.05, 3.63) is 17.5 Å². The van der Waals surface area contributed by atoms with Crippen molar-refractivity contribution in [2.75, 3.05) is 13.1 Å². The molecule has 0 unspecified atom stereocenters. The van der Waals surface area contributed by atoms with Crippen LogP contribution < -0.4 is 10.6 Å². The highest BCUT2D eigenvalue weighted by molar-refractivity contribution is 6.07. The molecule has 2 N–H and O–H groups in total. The number of nitrogens with one attached hydrogen (secondary N) is 2. The second-order valence-electron chi connectivity index (χ2n) is 6.54. The number of hydrogen-bond acceptors (Lipinski definition) is 4. The summed E-state index contributed by atoms with van der Waals surface area (Å²) < 4.78 is 1.65. The van der Waals surface area contributed by atoms with Crippen molar-refractivity contribution >= 4 is 17.8 Å². The summed E-state index contributed by atoms with van der Waals surface area (Å²) in [6.07, 6.45) is 2.59. The number of aromatic nitrogens is 2. The number of piperidine rings is 1. The lowest BCUT2D eigenvalue weighted by Gasteiger charge is -2.37. The molecule has 8 heteroatoms. The Morgan fingerprint density at radius 2 is 1.96 bits per heavy atom. The summed E-state index contributed by atoms with van der Waals surface area (Å²) in [4.78, 5) is 37.8. The van der Waals surface area contributed by atoms with Gasteiger partial charge >= 0.3 is 6.03 Å². The SMILES string of the molecule is CC(C)c1nn(C)cc1C(=O)N1CCC2(CC1)NC(=O)NC2=O. The molecule has 2 saturated heterocycles. The van der Waals surface area contributed by atoms with Gasteiger partial charge in [0.15, 0.2) is 0 Å². The van der Waals surface area contributed by atoms with E-state index in [9.17, 15) is 14.4 Å². The van der Waals surface area contributed by atoms with Crippen molar-refractivity contribution in [1.29, 1.82) is 0 Å². The van der Waals surface area contributed by atoms with Crippen LogP contribution in [0.15, 0.2) is 6.20 Å². The van der Waals surface area contributed by atoms with Gasteiger partial charge in [-0.05, 0) is 18.8 Å². The molecule has 2 aliphatic rings. The molecule has 0 saturated carbocycles. The maximum atomic E-state index is 12.8. The van der Waals surface area contributed by atoms with Crippen molar-refractivity contribution in [3.8, 4) is 0 Å². The molecule has 8 nitrogen and oxygen atoms in total. The molecule has 124 valence electrons. The Kier molecular flexibility index (Phi) is 3.62. The average Bonchev–Trinajstić information content (AvgIpc) is 3.00.